The van der Waals surface area contributed by atoms with Crippen LogP contribution in [0.4, 0.5) is 5.13 Å². The number of nitrogens with one attached hydrogen (secondary N) is 1. The van der Waals surface area contributed by atoms with Crippen molar-refractivity contribution in [1.29, 1.82) is 0 Å². The van der Waals surface area contributed by atoms with E-state index in [1.807, 2.05) is 66.7 Å². The number of carboxylic acid groups (broad SMARTS) is 1. The molecule has 2 aromatic carbocycles. The van der Waals surface area contributed by atoms with Gasteiger partial charge in [-0.3, -0.25) is 9.59 Å². The summed E-state index contributed by atoms with van der Waals surface area (Å²) in [7, 11) is 0. The second kappa shape index (κ2) is 15.1. The highest BCUT2D eigenvalue weighted by molar-refractivity contribution is 8.00. The van der Waals surface area contributed by atoms with Gasteiger partial charge >= 0.3 is 5.97 Å². The number of hydrogen-bond acceptors (Lipinski definition) is 12. The van der Waals surface area contributed by atoms with E-state index < -0.39 is 52.8 Å². The molecule has 0 radical (unpaired) electrons. The molecule has 2 aliphatic rings. The number of carbonyl (C=O) groups excluding carboxylic acids is 4. The van der Waals surface area contributed by atoms with E-state index in [9.17, 15) is 24.3 Å². The van der Waals surface area contributed by atoms with Crippen LogP contribution >= 0.6 is 23.1 Å². The van der Waals surface area contributed by atoms with Gasteiger partial charge in [-0.2, -0.15) is 0 Å². The lowest BCUT2D eigenvalue weighted by Crippen LogP contribution is -2.75. The number of β-lactam (4-membered cyclic amide) rings is 1. The second-order valence-corrected chi connectivity index (χ2v) is 13.9. The molecule has 4 aromatic rings. The number of carboxylic acids is 1. The normalized spacial score (nSPS) is 20.7. The van der Waals surface area contributed by atoms with Gasteiger partial charge < -0.3 is 35.4 Å². The molecule has 2 aromatic heterocycles. The summed E-state index contributed by atoms with van der Waals surface area (Å²) in [5.41, 5.74) is 5.86. The zero-order chi connectivity index (χ0) is 35.3. The maximum Gasteiger partial charge on any atom is 0.351 e. The van der Waals surface area contributed by atoms with Crippen LogP contribution in [0.25, 0.3) is 0 Å². The summed E-state index contributed by atoms with van der Waals surface area (Å²) in [4.78, 5) is 64.0. The van der Waals surface area contributed by atoms with E-state index >= 15 is 0 Å². The number of aliphatic carboxylic acids is 1. The third-order valence-corrected chi connectivity index (χ3v) is 10.7. The van der Waals surface area contributed by atoms with Gasteiger partial charge in [0.25, 0.3) is 5.91 Å². The number of fused-ring (bicyclic) bond motifs is 1. The molecule has 2 aliphatic heterocycles. The molecule has 15 heteroatoms. The SMILES string of the molecule is CCC(ON=C(C(=O)N[C@@H]1C(=O)N2CC(C[n+]3ccccc3)(C(=O)[O-])CS[C@H]12)c1csc(N)n1)C(=O)OC(c1ccccc1)c1ccccc1. The lowest BCUT2D eigenvalue weighted by Gasteiger charge is -2.54. The summed E-state index contributed by atoms with van der Waals surface area (Å²) in [6.45, 7) is 1.77. The van der Waals surface area contributed by atoms with E-state index in [2.05, 4.69) is 15.5 Å². The maximum atomic E-state index is 13.7. The van der Waals surface area contributed by atoms with Crippen molar-refractivity contribution < 1.29 is 38.4 Å². The second-order valence-electron chi connectivity index (χ2n) is 11.9. The molecule has 0 bridgehead atoms. The number of esters is 1. The largest absolute Gasteiger partial charge is 0.549 e. The number of rotatable bonds is 13. The number of pyridine rings is 1. The fourth-order valence-corrected chi connectivity index (χ4v) is 7.86. The van der Waals surface area contributed by atoms with Gasteiger partial charge in [0.05, 0.1) is 11.4 Å². The summed E-state index contributed by atoms with van der Waals surface area (Å²) < 4.78 is 7.69. The highest BCUT2D eigenvalue weighted by Gasteiger charge is 2.57. The number of benzene rings is 2. The first-order valence-corrected chi connectivity index (χ1v) is 17.8. The van der Waals surface area contributed by atoms with Crippen molar-refractivity contribution in [3.05, 3.63) is 113 Å². The molecule has 2 amide bonds. The number of nitrogen functional groups attached to an aromatic ring is 1. The van der Waals surface area contributed by atoms with Gasteiger partial charge in [0, 0.05) is 29.8 Å². The number of ether oxygens (including phenoxy) is 1. The van der Waals surface area contributed by atoms with Crippen LogP contribution in [0.1, 0.15) is 36.3 Å². The first-order chi connectivity index (χ1) is 24.2. The molecule has 4 atom stereocenters. The minimum Gasteiger partial charge on any atom is -0.549 e. The molecule has 2 unspecified atom stereocenters. The predicted molar refractivity (Wildman–Crippen MR) is 183 cm³/mol. The maximum absolute atomic E-state index is 13.7. The van der Waals surface area contributed by atoms with E-state index in [4.69, 9.17) is 15.3 Å². The van der Waals surface area contributed by atoms with Crippen molar-refractivity contribution in [3.63, 3.8) is 0 Å². The molecule has 6 rings (SSSR count). The van der Waals surface area contributed by atoms with Gasteiger partial charge in [-0.1, -0.05) is 78.8 Å². The van der Waals surface area contributed by atoms with E-state index in [0.29, 0.717) is 0 Å². The lowest BCUT2D eigenvalue weighted by atomic mass is 9.86. The molecule has 2 saturated heterocycles. The highest BCUT2D eigenvalue weighted by atomic mass is 32.2. The topological polar surface area (TPSA) is 180 Å². The third kappa shape index (κ3) is 7.33. The monoisotopic (exact) mass is 714 g/mol. The molecule has 4 heterocycles. The number of carbonyl (C=O) groups is 4. The molecule has 258 valence electrons. The van der Waals surface area contributed by atoms with Gasteiger partial charge in [0.15, 0.2) is 35.9 Å². The molecule has 50 heavy (non-hydrogen) atoms. The van der Waals surface area contributed by atoms with Crippen LogP contribution in [-0.4, -0.2) is 69.2 Å². The van der Waals surface area contributed by atoms with Gasteiger partial charge in [-0.05, 0) is 17.5 Å². The fourth-order valence-electron chi connectivity index (χ4n) is 5.79. The van der Waals surface area contributed by atoms with Crippen LogP contribution in [0, 0.1) is 5.41 Å². The minimum absolute atomic E-state index is 0.0694. The predicted octanol–water partition coefficient (Wildman–Crippen LogP) is 1.68. The number of amides is 2. The zero-order valence-electron chi connectivity index (χ0n) is 26.9. The van der Waals surface area contributed by atoms with Crippen LogP contribution < -0.4 is 20.7 Å². The van der Waals surface area contributed by atoms with Crippen molar-refractivity contribution in [3.8, 4) is 0 Å². The quantitative estimate of drug-likeness (QED) is 0.0681. The average molecular weight is 715 g/mol. The Morgan fingerprint density at radius 1 is 1.08 bits per heavy atom. The van der Waals surface area contributed by atoms with Crippen LogP contribution in [0.2, 0.25) is 0 Å². The van der Waals surface area contributed by atoms with Gasteiger partial charge in [0.2, 0.25) is 12.0 Å². The molecule has 0 saturated carbocycles. The van der Waals surface area contributed by atoms with Crippen molar-refractivity contribution in [2.45, 2.75) is 43.5 Å². The number of nitrogens with zero attached hydrogens (tertiary/aromatic N) is 4. The van der Waals surface area contributed by atoms with Crippen molar-refractivity contribution in [2.75, 3.05) is 18.0 Å². The number of hydrogen-bond donors (Lipinski definition) is 2. The van der Waals surface area contributed by atoms with Crippen LogP contribution in [0.5, 0.6) is 0 Å². The zero-order valence-corrected chi connectivity index (χ0v) is 28.5. The molecular formula is C35H34N6O7S2. The van der Waals surface area contributed by atoms with Crippen LogP contribution in [0.15, 0.2) is 102 Å². The molecule has 2 fully saturated rings. The number of thioether (sulfide) groups is 1. The summed E-state index contributed by atoms with van der Waals surface area (Å²) in [5.74, 6) is -3.01. The first-order valence-electron chi connectivity index (χ1n) is 15.8. The Morgan fingerprint density at radius 3 is 2.30 bits per heavy atom. The Bertz CT molecular complexity index is 1840. The van der Waals surface area contributed by atoms with Crippen LogP contribution in [-0.2, 0) is 35.3 Å². The lowest BCUT2D eigenvalue weighted by molar-refractivity contribution is -0.707. The Balaban J connectivity index is 1.16. The van der Waals surface area contributed by atoms with Gasteiger partial charge in [0.1, 0.15) is 17.1 Å². The third-order valence-electron chi connectivity index (χ3n) is 8.45. The van der Waals surface area contributed by atoms with Crippen LogP contribution in [0.3, 0.4) is 0 Å². The Labute approximate surface area is 296 Å². The fraction of sp³-hybridized carbons (Fsp3) is 0.286. The van der Waals surface area contributed by atoms with E-state index in [-0.39, 0.29) is 41.8 Å². The summed E-state index contributed by atoms with van der Waals surface area (Å²) in [6, 6.07) is 23.0. The molecule has 3 N–H and O–H groups in total. The number of nitrogens with two attached hydrogens (primary N) is 1. The molecule has 13 nitrogen and oxygen atoms in total. The molecule has 0 aliphatic carbocycles. The number of thiazole rings is 1. The van der Waals surface area contributed by atoms with E-state index in [1.165, 1.54) is 22.0 Å². The molecule has 0 spiro atoms. The van der Waals surface area contributed by atoms with Gasteiger partial charge in [-0.25, -0.2) is 14.3 Å². The Morgan fingerprint density at radius 2 is 1.72 bits per heavy atom. The first kappa shape index (κ1) is 34.6. The standard InChI is InChI=1S/C35H34N6O7S2/c1-2-25(32(44)47-28(22-12-6-3-7-13-22)23-14-8-4-9-15-23)48-39-26(24-18-49-34(36)37-24)29(42)38-27-30(43)41-20-35(33(45)46,21-50-31(27)41)19-40-16-10-5-11-17-40/h3-18,25,27-28,31H,2,19-21H2,1H3,(H3-,36,37,38,42,45,46)/t25?,27-,31-,35?/m1/s1. The van der Waals surface area contributed by atoms with Crippen molar-refractivity contribution in [2.24, 2.45) is 10.6 Å². The average Bonchev–Trinajstić information content (AvgIpc) is 3.57. The minimum atomic E-state index is -1.32. The highest BCUT2D eigenvalue weighted by Crippen LogP contribution is 2.42. The summed E-state index contributed by atoms with van der Waals surface area (Å²) in [5, 5.41) is 20.3. The van der Waals surface area contributed by atoms with E-state index in [0.717, 1.165) is 22.5 Å². The van der Waals surface area contributed by atoms with Gasteiger partial charge in [-0.15, -0.1) is 23.1 Å². The Kier molecular flexibility index (Phi) is 10.4. The summed E-state index contributed by atoms with van der Waals surface area (Å²) >= 11 is 2.33. The number of oxime groups is 1. The number of anilines is 1. The molecular weight excluding hydrogens is 681 g/mol. The van der Waals surface area contributed by atoms with Crippen molar-refractivity contribution >= 4 is 57.7 Å². The van der Waals surface area contributed by atoms with E-state index in [1.54, 1.807) is 36.0 Å². The van der Waals surface area contributed by atoms with Crippen molar-refractivity contribution in [1.82, 2.24) is 15.2 Å². The Hall–Kier alpha value is -5.28. The summed E-state index contributed by atoms with van der Waals surface area (Å²) in [6.07, 6.45) is 1.78. The smallest absolute Gasteiger partial charge is 0.351 e. The number of aromatic nitrogens is 2.